The number of benzene rings is 2. The Morgan fingerprint density at radius 3 is 1.68 bits per heavy atom. The van der Waals surface area contributed by atoms with Gasteiger partial charge in [-0.1, -0.05) is 36.4 Å². The lowest BCUT2D eigenvalue weighted by Gasteiger charge is -2.29. The zero-order valence-electron chi connectivity index (χ0n) is 24.8. The van der Waals surface area contributed by atoms with Crippen molar-refractivity contribution in [3.8, 4) is 11.5 Å². The third kappa shape index (κ3) is 12.7. The summed E-state index contributed by atoms with van der Waals surface area (Å²) in [5.41, 5.74) is -0.895. The number of para-hydroxylation sites is 2. The van der Waals surface area contributed by atoms with Gasteiger partial charge in [-0.2, -0.15) is 0 Å². The van der Waals surface area contributed by atoms with Crippen molar-refractivity contribution >= 4 is 37.4 Å². The highest BCUT2D eigenvalue weighted by Crippen LogP contribution is 2.53. The molecule has 0 saturated carbocycles. The van der Waals surface area contributed by atoms with Gasteiger partial charge in [0.15, 0.2) is 5.78 Å². The van der Waals surface area contributed by atoms with E-state index in [0.29, 0.717) is 0 Å². The van der Waals surface area contributed by atoms with E-state index in [0.717, 1.165) is 0 Å². The fraction of sp³-hybridized carbons (Fsp3) is 0.414. The predicted molar refractivity (Wildman–Crippen MR) is 158 cm³/mol. The van der Waals surface area contributed by atoms with Crippen molar-refractivity contribution in [2.75, 3.05) is 0 Å². The summed E-state index contributed by atoms with van der Waals surface area (Å²) in [6, 6.07) is 13.2. The SMILES string of the molecule is CC(NC(=O)C(CCC(=O)O)NC(=O)OC(C)(C)C)C(=O)NC(CCC(=O)O)P(=O)(Oc1ccccc1)Oc1ccccc1. The smallest absolute Gasteiger partial charge is 0.452 e. The number of carboxylic acid groups (broad SMARTS) is 2. The van der Waals surface area contributed by atoms with Gasteiger partial charge in [0, 0.05) is 12.8 Å². The Balaban J connectivity index is 2.29. The first-order valence-electron chi connectivity index (χ1n) is 13.7. The maximum absolute atomic E-state index is 14.3. The number of carbonyl (C=O) groups excluding carboxylic acids is 3. The summed E-state index contributed by atoms with van der Waals surface area (Å²) in [5.74, 6) is -5.41. The zero-order chi connectivity index (χ0) is 32.9. The molecule has 2 aromatic rings. The van der Waals surface area contributed by atoms with Crippen molar-refractivity contribution in [1.29, 1.82) is 0 Å². The molecule has 0 fully saturated rings. The molecule has 0 aliphatic rings. The molecule has 3 amide bonds. The largest absolute Gasteiger partial charge is 0.481 e. The minimum absolute atomic E-state index is 0.136. The number of carbonyl (C=O) groups is 5. The highest BCUT2D eigenvalue weighted by atomic mass is 31.2. The zero-order valence-corrected chi connectivity index (χ0v) is 25.7. The number of hydrogen-bond acceptors (Lipinski definition) is 9. The summed E-state index contributed by atoms with van der Waals surface area (Å²) in [5, 5.41) is 25.6. The topological polar surface area (TPSA) is 207 Å². The van der Waals surface area contributed by atoms with Crippen molar-refractivity contribution < 1.29 is 52.5 Å². The van der Waals surface area contributed by atoms with Gasteiger partial charge in [-0.25, -0.2) is 9.36 Å². The van der Waals surface area contributed by atoms with Crippen LogP contribution in [0.15, 0.2) is 60.7 Å². The van der Waals surface area contributed by atoms with Gasteiger partial charge in [0.1, 0.15) is 29.2 Å². The molecule has 2 rings (SSSR count). The van der Waals surface area contributed by atoms with Crippen molar-refractivity contribution in [3.63, 3.8) is 0 Å². The molecule has 0 aliphatic carbocycles. The van der Waals surface area contributed by atoms with Crippen molar-refractivity contribution in [3.05, 3.63) is 60.7 Å². The van der Waals surface area contributed by atoms with E-state index in [2.05, 4.69) is 16.0 Å². The quantitative estimate of drug-likeness (QED) is 0.167. The molecule has 0 spiro atoms. The summed E-state index contributed by atoms with van der Waals surface area (Å²) < 4.78 is 30.9. The van der Waals surface area contributed by atoms with Crippen LogP contribution in [0, 0.1) is 0 Å². The van der Waals surface area contributed by atoms with Crippen LogP contribution < -0.4 is 25.0 Å². The molecular formula is C29H38N3O11P. The van der Waals surface area contributed by atoms with Gasteiger partial charge >= 0.3 is 25.6 Å². The third-order valence-electron chi connectivity index (χ3n) is 5.68. The van der Waals surface area contributed by atoms with Crippen molar-refractivity contribution in [1.82, 2.24) is 16.0 Å². The highest BCUT2D eigenvalue weighted by Gasteiger charge is 2.41. The van der Waals surface area contributed by atoms with Crippen LogP contribution in [0.3, 0.4) is 0 Å². The van der Waals surface area contributed by atoms with Crippen LogP contribution in [0.4, 0.5) is 4.79 Å². The molecule has 0 aromatic heterocycles. The predicted octanol–water partition coefficient (Wildman–Crippen LogP) is 3.91. The molecule has 0 saturated heterocycles. The number of ether oxygens (including phenoxy) is 1. The molecule has 0 heterocycles. The highest BCUT2D eigenvalue weighted by molar-refractivity contribution is 7.55. The maximum atomic E-state index is 14.3. The molecule has 3 atom stereocenters. The minimum Gasteiger partial charge on any atom is -0.481 e. The molecule has 5 N–H and O–H groups in total. The molecule has 0 aliphatic heterocycles. The Kier molecular flexibility index (Phi) is 13.2. The van der Waals surface area contributed by atoms with Crippen LogP contribution in [-0.2, 0) is 28.5 Å². The Morgan fingerprint density at radius 1 is 0.750 bits per heavy atom. The van der Waals surface area contributed by atoms with Crippen LogP contribution in [0.2, 0.25) is 0 Å². The van der Waals surface area contributed by atoms with E-state index in [1.54, 1.807) is 57.2 Å². The van der Waals surface area contributed by atoms with Crippen LogP contribution >= 0.6 is 7.60 Å². The summed E-state index contributed by atoms with van der Waals surface area (Å²) in [4.78, 5) is 61.1. The number of nitrogens with one attached hydrogen (secondary N) is 3. The second-order valence-electron chi connectivity index (χ2n) is 10.7. The summed E-state index contributed by atoms with van der Waals surface area (Å²) in [6.07, 6.45) is -2.61. The lowest BCUT2D eigenvalue weighted by atomic mass is 10.1. The number of hydrogen-bond donors (Lipinski definition) is 5. The fourth-order valence-electron chi connectivity index (χ4n) is 3.63. The molecule has 44 heavy (non-hydrogen) atoms. The molecule has 15 heteroatoms. The van der Waals surface area contributed by atoms with Crippen molar-refractivity contribution in [2.24, 2.45) is 0 Å². The molecule has 3 unspecified atom stereocenters. The van der Waals surface area contributed by atoms with Crippen molar-refractivity contribution in [2.45, 2.75) is 76.8 Å². The first kappa shape index (κ1) is 35.6. The van der Waals surface area contributed by atoms with Gasteiger partial charge in [-0.15, -0.1) is 0 Å². The van der Waals surface area contributed by atoms with E-state index < -0.39 is 73.8 Å². The molecule has 240 valence electrons. The minimum atomic E-state index is -4.38. The van der Waals surface area contributed by atoms with E-state index in [9.17, 15) is 33.6 Å². The summed E-state index contributed by atoms with van der Waals surface area (Å²) in [7, 11) is -4.38. The van der Waals surface area contributed by atoms with E-state index in [1.807, 2.05) is 0 Å². The molecule has 2 aromatic carbocycles. The standard InChI is InChI=1S/C29H38N3O11P/c1-19(30-27(38)22(15-17-24(33)34)31-28(39)41-29(2,3)4)26(37)32-23(16-18-25(35)36)44(40,42-20-11-7-5-8-12-20)43-21-13-9-6-10-14-21/h5-14,19,22-23H,15-18H2,1-4H3,(H,30,38)(H,31,39)(H,32,37)(H,33,34)(H,35,36). The number of aliphatic carboxylic acids is 2. The van der Waals surface area contributed by atoms with E-state index in [-0.39, 0.29) is 24.3 Å². The van der Waals surface area contributed by atoms with Crippen LogP contribution in [0.5, 0.6) is 11.5 Å². The summed E-state index contributed by atoms with van der Waals surface area (Å²) >= 11 is 0. The Labute approximate surface area is 255 Å². The third-order valence-corrected chi connectivity index (χ3v) is 7.76. The fourth-order valence-corrected chi connectivity index (χ4v) is 5.48. The molecule has 0 radical (unpaired) electrons. The van der Waals surface area contributed by atoms with Crippen LogP contribution in [0.1, 0.15) is 53.4 Å². The molecule has 0 bridgehead atoms. The molecule has 14 nitrogen and oxygen atoms in total. The average Bonchev–Trinajstić information content (AvgIpc) is 2.92. The van der Waals surface area contributed by atoms with Gasteiger partial charge < -0.3 is 39.9 Å². The Hall–Kier alpha value is -4.58. The summed E-state index contributed by atoms with van der Waals surface area (Å²) in [6.45, 7) is 6.11. The monoisotopic (exact) mass is 635 g/mol. The van der Waals surface area contributed by atoms with E-state index >= 15 is 0 Å². The lowest BCUT2D eigenvalue weighted by Crippen LogP contribution is -2.54. The van der Waals surface area contributed by atoms with Crippen LogP contribution in [0.25, 0.3) is 0 Å². The Bertz CT molecular complexity index is 1290. The van der Waals surface area contributed by atoms with E-state index in [1.165, 1.54) is 31.2 Å². The van der Waals surface area contributed by atoms with Crippen LogP contribution in [-0.4, -0.2) is 63.5 Å². The average molecular weight is 636 g/mol. The van der Waals surface area contributed by atoms with Gasteiger partial charge in [0.2, 0.25) is 11.8 Å². The first-order valence-corrected chi connectivity index (χ1v) is 15.3. The lowest BCUT2D eigenvalue weighted by molar-refractivity contribution is -0.138. The van der Waals surface area contributed by atoms with Gasteiger partial charge in [0.25, 0.3) is 0 Å². The number of carboxylic acids is 2. The number of rotatable bonds is 16. The number of amides is 3. The molecular weight excluding hydrogens is 597 g/mol. The van der Waals surface area contributed by atoms with Gasteiger partial charge in [0.05, 0.1) is 0 Å². The Morgan fingerprint density at radius 2 is 1.23 bits per heavy atom. The van der Waals surface area contributed by atoms with Gasteiger partial charge in [-0.3, -0.25) is 19.2 Å². The normalized spacial score (nSPS) is 13.4. The van der Waals surface area contributed by atoms with Gasteiger partial charge in [-0.05, 0) is 64.8 Å². The second kappa shape index (κ2) is 16.3. The first-order chi connectivity index (χ1) is 20.6. The van der Waals surface area contributed by atoms with E-state index in [4.69, 9.17) is 18.9 Å². The number of alkyl carbamates (subject to hydrolysis) is 1. The maximum Gasteiger partial charge on any atom is 0.452 e. The second-order valence-corrected chi connectivity index (χ2v) is 12.7.